The Morgan fingerprint density at radius 3 is 2.19 bits per heavy atom. The summed E-state index contributed by atoms with van der Waals surface area (Å²) in [5.74, 6) is 2.57. The Kier molecular flexibility index (Phi) is 10.2. The molecule has 0 saturated heterocycles. The normalized spacial score (nSPS) is 12.7. The quantitative estimate of drug-likeness (QED) is 0.150. The van der Waals surface area contributed by atoms with Crippen LogP contribution in [-0.4, -0.2) is 19.3 Å². The number of aryl methyl sites for hydroxylation is 1. The predicted octanol–water partition coefficient (Wildman–Crippen LogP) is 12.1. The van der Waals surface area contributed by atoms with Gasteiger partial charge in [0.15, 0.2) is 0 Å². The molecule has 0 aliphatic rings. The van der Waals surface area contributed by atoms with Crippen LogP contribution in [0.5, 0.6) is 11.5 Å². The average Bonchev–Trinajstić information content (AvgIpc) is 3.59. The van der Waals surface area contributed by atoms with E-state index in [-0.39, 0.29) is 31.9 Å². The third-order valence-electron chi connectivity index (χ3n) is 10.2. The first-order chi connectivity index (χ1) is 24.2. The molecule has 4 aromatic carbocycles. The maximum Gasteiger partial charge on any atom is 2.00 e. The number of hydrogen-bond donors (Lipinski definition) is 0. The number of ether oxygens (including phenoxy) is 1. The summed E-state index contributed by atoms with van der Waals surface area (Å²) in [7, 11) is 0. The summed E-state index contributed by atoms with van der Waals surface area (Å²) in [6.45, 7) is 22.1. The molecule has 3 heterocycles. The largest absolute Gasteiger partial charge is 2.00 e. The molecule has 0 aliphatic heterocycles. The Hall–Kier alpha value is -4.47. The Balaban J connectivity index is 0.00000464. The fourth-order valence-corrected chi connectivity index (χ4v) is 6.94. The van der Waals surface area contributed by atoms with Crippen molar-refractivity contribution in [2.24, 2.45) is 0 Å². The van der Waals surface area contributed by atoms with Crippen molar-refractivity contribution in [3.05, 3.63) is 131 Å². The molecule has 0 radical (unpaired) electrons. The van der Waals surface area contributed by atoms with Crippen molar-refractivity contribution in [2.75, 3.05) is 0 Å². The monoisotopic (exact) mass is 867 g/mol. The van der Waals surface area contributed by atoms with Gasteiger partial charge >= 0.3 is 21.1 Å². The zero-order chi connectivity index (χ0) is 36.2. The van der Waals surface area contributed by atoms with E-state index in [4.69, 9.17) is 14.8 Å². The number of fused-ring (bicyclic) bond motifs is 3. The van der Waals surface area contributed by atoms with Gasteiger partial charge in [-0.3, -0.25) is 4.68 Å². The van der Waals surface area contributed by atoms with Crippen LogP contribution in [0.1, 0.15) is 95.8 Å². The van der Waals surface area contributed by atoms with Crippen molar-refractivity contribution in [1.82, 2.24) is 19.3 Å². The zero-order valence-electron chi connectivity index (χ0n) is 32.0. The van der Waals surface area contributed by atoms with Gasteiger partial charge in [0.1, 0.15) is 5.82 Å². The van der Waals surface area contributed by atoms with Crippen LogP contribution in [0.4, 0.5) is 0 Å². The van der Waals surface area contributed by atoms with Gasteiger partial charge in [-0.25, -0.2) is 4.98 Å². The van der Waals surface area contributed by atoms with E-state index >= 15 is 0 Å². The second-order valence-electron chi connectivity index (χ2n) is 16.0. The van der Waals surface area contributed by atoms with Crippen LogP contribution in [-0.2, 0) is 31.9 Å². The van der Waals surface area contributed by atoms with Crippen LogP contribution < -0.4 is 4.74 Å². The molecule has 1 atom stereocenters. The molecule has 0 bridgehead atoms. The van der Waals surface area contributed by atoms with E-state index < -0.39 is 0 Å². The number of hydrogen-bond acceptors (Lipinski definition) is 3. The molecule has 7 rings (SSSR count). The molecule has 7 aromatic rings. The molecule has 0 aliphatic carbocycles. The van der Waals surface area contributed by atoms with Crippen molar-refractivity contribution in [3.63, 3.8) is 0 Å². The number of aromatic nitrogens is 4. The third kappa shape index (κ3) is 7.00. The molecule has 52 heavy (non-hydrogen) atoms. The molecule has 0 saturated carbocycles. The summed E-state index contributed by atoms with van der Waals surface area (Å²) in [5.41, 5.74) is 10.8. The summed E-state index contributed by atoms with van der Waals surface area (Å²) in [4.78, 5) is 4.89. The van der Waals surface area contributed by atoms with Crippen molar-refractivity contribution in [2.45, 2.75) is 92.4 Å². The first kappa shape index (κ1) is 37.3. The minimum absolute atomic E-state index is 0. The molecule has 0 spiro atoms. The van der Waals surface area contributed by atoms with Gasteiger partial charge in [-0.1, -0.05) is 103 Å². The molecule has 5 nitrogen and oxygen atoms in total. The van der Waals surface area contributed by atoms with Gasteiger partial charge in [-0.15, -0.1) is 41.3 Å². The number of rotatable bonds is 7. The number of nitrogens with zero attached hydrogens (tertiary/aromatic N) is 4. The van der Waals surface area contributed by atoms with Gasteiger partial charge < -0.3 is 9.30 Å². The maximum absolute atomic E-state index is 6.70. The standard InChI is InChI=1S/C46H48N4O.Pt/c1-11-29(2)33-17-20-41-40(23-33)39-19-18-37(28-42(39)49(41)43-26-34(21-22-47-43)45(5,6)7)51-38-25-35(46(8,9)10)24-36(27-38)50-31(4)44(30(3)48-50)32-15-13-12-14-16-32;/h12-26,29H,11H2,1-10H3;/q-2;+2. The smallest absolute Gasteiger partial charge is 0.509 e. The second kappa shape index (κ2) is 14.2. The Labute approximate surface area is 323 Å². The minimum Gasteiger partial charge on any atom is -0.509 e. The third-order valence-corrected chi connectivity index (χ3v) is 10.2. The first-order valence-corrected chi connectivity index (χ1v) is 18.1. The van der Waals surface area contributed by atoms with E-state index in [9.17, 15) is 0 Å². The molecular formula is C46H48N4OPt. The van der Waals surface area contributed by atoms with Crippen LogP contribution in [0.25, 0.3) is 44.4 Å². The zero-order valence-corrected chi connectivity index (χ0v) is 34.2. The molecule has 1 unspecified atom stereocenters. The molecule has 0 amide bonds. The van der Waals surface area contributed by atoms with Gasteiger partial charge in [-0.2, -0.15) is 11.2 Å². The maximum atomic E-state index is 6.70. The van der Waals surface area contributed by atoms with Crippen LogP contribution >= 0.6 is 0 Å². The van der Waals surface area contributed by atoms with Gasteiger partial charge in [-0.05, 0) is 83.0 Å². The summed E-state index contributed by atoms with van der Waals surface area (Å²) >= 11 is 0. The summed E-state index contributed by atoms with van der Waals surface area (Å²) in [6.07, 6.45) is 3.00. The van der Waals surface area contributed by atoms with Crippen LogP contribution in [0.2, 0.25) is 0 Å². The van der Waals surface area contributed by atoms with Crippen molar-refractivity contribution in [3.8, 4) is 34.1 Å². The Morgan fingerprint density at radius 1 is 0.769 bits per heavy atom. The van der Waals surface area contributed by atoms with E-state index in [0.29, 0.717) is 17.4 Å². The van der Waals surface area contributed by atoms with E-state index in [1.54, 1.807) is 0 Å². The van der Waals surface area contributed by atoms with Crippen molar-refractivity contribution < 1.29 is 25.8 Å². The topological polar surface area (TPSA) is 44.9 Å². The Bertz CT molecular complexity index is 2390. The number of benzene rings is 4. The molecule has 0 N–H and O–H groups in total. The van der Waals surface area contributed by atoms with Crippen molar-refractivity contribution >= 4 is 21.8 Å². The molecule has 268 valence electrons. The van der Waals surface area contributed by atoms with E-state index in [1.807, 2.05) is 23.0 Å². The van der Waals surface area contributed by atoms with E-state index in [0.717, 1.165) is 62.4 Å². The Morgan fingerprint density at radius 2 is 1.50 bits per heavy atom. The van der Waals surface area contributed by atoms with Gasteiger partial charge in [0, 0.05) is 34.5 Å². The fraction of sp³-hybridized carbons (Fsp3) is 0.304. The fourth-order valence-electron chi connectivity index (χ4n) is 6.94. The van der Waals surface area contributed by atoms with E-state index in [1.165, 1.54) is 16.5 Å². The summed E-state index contributed by atoms with van der Waals surface area (Å²) in [6, 6.07) is 37.3. The average molecular weight is 868 g/mol. The van der Waals surface area contributed by atoms with Crippen molar-refractivity contribution in [1.29, 1.82) is 0 Å². The predicted molar refractivity (Wildman–Crippen MR) is 211 cm³/mol. The molecule has 0 fully saturated rings. The van der Waals surface area contributed by atoms with Gasteiger partial charge in [0.25, 0.3) is 0 Å². The minimum atomic E-state index is -0.127. The van der Waals surface area contributed by atoms with Crippen LogP contribution in [0, 0.1) is 26.0 Å². The molecule has 3 aromatic heterocycles. The number of pyridine rings is 1. The van der Waals surface area contributed by atoms with Crippen LogP contribution in [0.15, 0.2) is 91.1 Å². The van der Waals surface area contributed by atoms with Gasteiger partial charge in [0.2, 0.25) is 0 Å². The SMILES string of the molecule is CCC(C)c1ccc2c(c1)c1ccc(Oc3[c-]c(-n4nc(C)c(-c5ccccc5)c4C)cc(C(C)(C)C)c3)[c-]c1n2-c1cc(C(C)(C)C)ccn1.[Pt+2]. The molecular weight excluding hydrogens is 820 g/mol. The van der Waals surface area contributed by atoms with Crippen LogP contribution in [0.3, 0.4) is 0 Å². The van der Waals surface area contributed by atoms with Gasteiger partial charge in [0.05, 0.1) is 5.69 Å². The summed E-state index contributed by atoms with van der Waals surface area (Å²) < 4.78 is 10.9. The first-order valence-electron chi connectivity index (χ1n) is 18.1. The second-order valence-corrected chi connectivity index (χ2v) is 16.0. The summed E-state index contributed by atoms with van der Waals surface area (Å²) in [5, 5.41) is 7.31. The van der Waals surface area contributed by atoms with E-state index in [2.05, 4.69) is 159 Å². The molecule has 6 heteroatoms.